The highest BCUT2D eigenvalue weighted by atomic mass is 16.6. The van der Waals surface area contributed by atoms with E-state index in [1.54, 1.807) is 24.3 Å². The van der Waals surface area contributed by atoms with E-state index in [4.69, 9.17) is 4.74 Å². The van der Waals surface area contributed by atoms with Crippen LogP contribution in [0.4, 0.5) is 5.69 Å². The molecule has 0 radical (unpaired) electrons. The molecule has 0 heterocycles. The summed E-state index contributed by atoms with van der Waals surface area (Å²) in [5.74, 6) is -0.576. The van der Waals surface area contributed by atoms with E-state index in [1.807, 2.05) is 0 Å². The number of nitrogens with zero attached hydrogens (tertiary/aromatic N) is 2. The van der Waals surface area contributed by atoms with Gasteiger partial charge in [-0.2, -0.15) is 5.10 Å². The van der Waals surface area contributed by atoms with Crippen molar-refractivity contribution in [1.82, 2.24) is 5.43 Å². The maximum atomic E-state index is 11.9. The third-order valence-corrected chi connectivity index (χ3v) is 2.84. The zero-order valence-electron chi connectivity index (χ0n) is 12.6. The van der Waals surface area contributed by atoms with Crippen LogP contribution in [0.2, 0.25) is 0 Å². The van der Waals surface area contributed by atoms with E-state index in [0.717, 1.165) is 0 Å². The first-order valence-electron chi connectivity index (χ1n) is 6.82. The molecule has 0 fully saturated rings. The lowest BCUT2D eigenvalue weighted by atomic mass is 10.2. The zero-order chi connectivity index (χ0) is 17.5. The molecule has 0 saturated heterocycles. The summed E-state index contributed by atoms with van der Waals surface area (Å²) in [5, 5.41) is 14.5. The number of amides is 1. The number of carbonyl (C=O) groups excluding carboxylic acids is 2. The molecule has 0 aromatic heterocycles. The number of hydrazone groups is 1. The Balaban J connectivity index is 1.98. The second kappa shape index (κ2) is 7.63. The number of hydrogen-bond acceptors (Lipinski definition) is 6. The third-order valence-electron chi connectivity index (χ3n) is 2.84. The second-order valence-electron chi connectivity index (χ2n) is 4.67. The summed E-state index contributed by atoms with van der Waals surface area (Å²) >= 11 is 0. The number of non-ortho nitro benzene ring substituents is 1. The number of rotatable bonds is 5. The molecule has 0 saturated carbocycles. The number of esters is 1. The normalized spacial score (nSPS) is 10.4. The van der Waals surface area contributed by atoms with Gasteiger partial charge in [-0.25, -0.2) is 5.43 Å². The summed E-state index contributed by atoms with van der Waals surface area (Å²) in [6.45, 7) is 1.30. The van der Waals surface area contributed by atoms with Crippen molar-refractivity contribution in [1.29, 1.82) is 0 Å². The Morgan fingerprint density at radius 2 is 1.92 bits per heavy atom. The molecule has 2 aromatic rings. The van der Waals surface area contributed by atoms with Crippen molar-refractivity contribution < 1.29 is 19.2 Å². The van der Waals surface area contributed by atoms with Crippen molar-refractivity contribution in [2.75, 3.05) is 0 Å². The molecule has 2 rings (SSSR count). The molecule has 8 heteroatoms. The van der Waals surface area contributed by atoms with E-state index in [9.17, 15) is 19.7 Å². The fourth-order valence-electron chi connectivity index (χ4n) is 1.78. The average Bonchev–Trinajstić information content (AvgIpc) is 2.56. The number of nitro benzene ring substituents is 1. The van der Waals surface area contributed by atoms with Crippen LogP contribution in [0.25, 0.3) is 0 Å². The van der Waals surface area contributed by atoms with Crippen molar-refractivity contribution in [3.05, 3.63) is 69.8 Å². The van der Waals surface area contributed by atoms with Gasteiger partial charge in [0.05, 0.1) is 11.1 Å². The summed E-state index contributed by atoms with van der Waals surface area (Å²) < 4.78 is 4.89. The van der Waals surface area contributed by atoms with Crippen LogP contribution in [0.5, 0.6) is 5.75 Å². The highest BCUT2D eigenvalue weighted by Gasteiger charge is 2.10. The van der Waals surface area contributed by atoms with Crippen LogP contribution in [0.1, 0.15) is 22.8 Å². The largest absolute Gasteiger partial charge is 0.427 e. The van der Waals surface area contributed by atoms with Gasteiger partial charge in [-0.3, -0.25) is 19.7 Å². The highest BCUT2D eigenvalue weighted by molar-refractivity contribution is 5.95. The van der Waals surface area contributed by atoms with Crippen LogP contribution < -0.4 is 10.2 Å². The number of ether oxygens (including phenoxy) is 1. The van der Waals surface area contributed by atoms with E-state index in [1.165, 1.54) is 37.4 Å². The van der Waals surface area contributed by atoms with E-state index in [-0.39, 0.29) is 11.3 Å². The predicted octanol–water partition coefficient (Wildman–Crippen LogP) is 2.28. The van der Waals surface area contributed by atoms with Crippen molar-refractivity contribution >= 4 is 23.8 Å². The first-order valence-corrected chi connectivity index (χ1v) is 6.82. The van der Waals surface area contributed by atoms with Gasteiger partial charge in [-0.1, -0.05) is 6.07 Å². The quantitative estimate of drug-likeness (QED) is 0.298. The van der Waals surface area contributed by atoms with E-state index in [0.29, 0.717) is 11.3 Å². The smallest absolute Gasteiger partial charge is 0.308 e. The van der Waals surface area contributed by atoms with Gasteiger partial charge in [-0.15, -0.1) is 0 Å². The summed E-state index contributed by atoms with van der Waals surface area (Å²) in [7, 11) is 0. The Morgan fingerprint density at radius 1 is 1.21 bits per heavy atom. The molecule has 1 N–H and O–H groups in total. The first kappa shape index (κ1) is 16.8. The van der Waals surface area contributed by atoms with Gasteiger partial charge in [-0.05, 0) is 35.9 Å². The van der Waals surface area contributed by atoms with E-state index >= 15 is 0 Å². The van der Waals surface area contributed by atoms with Crippen molar-refractivity contribution in [3.63, 3.8) is 0 Å². The highest BCUT2D eigenvalue weighted by Crippen LogP contribution is 2.13. The number of nitrogens with one attached hydrogen (secondary N) is 1. The molecule has 0 unspecified atom stereocenters. The van der Waals surface area contributed by atoms with Crippen molar-refractivity contribution in [2.45, 2.75) is 6.92 Å². The lowest BCUT2D eigenvalue weighted by Gasteiger charge is -2.01. The maximum absolute atomic E-state index is 11.9. The minimum Gasteiger partial charge on any atom is -0.427 e. The van der Waals surface area contributed by atoms with Gasteiger partial charge in [0, 0.05) is 24.6 Å². The van der Waals surface area contributed by atoms with Crippen LogP contribution in [0.15, 0.2) is 53.6 Å². The SMILES string of the molecule is CC(=O)Oc1ccc(/C=N\NC(=O)c2cccc([N+](=O)[O-])c2)cc1. The minimum atomic E-state index is -0.579. The van der Waals surface area contributed by atoms with Gasteiger partial charge in [0.1, 0.15) is 5.75 Å². The fraction of sp³-hybridized carbons (Fsp3) is 0.0625. The van der Waals surface area contributed by atoms with Crippen molar-refractivity contribution in [2.24, 2.45) is 5.10 Å². The van der Waals surface area contributed by atoms with Crippen LogP contribution in [-0.2, 0) is 4.79 Å². The Kier molecular flexibility index (Phi) is 5.35. The molecule has 24 heavy (non-hydrogen) atoms. The Morgan fingerprint density at radius 3 is 2.54 bits per heavy atom. The predicted molar refractivity (Wildman–Crippen MR) is 85.9 cm³/mol. The molecular weight excluding hydrogens is 314 g/mol. The third kappa shape index (κ3) is 4.73. The Bertz CT molecular complexity index is 800. The minimum absolute atomic E-state index is 0.131. The molecule has 0 aliphatic heterocycles. The van der Waals surface area contributed by atoms with Crippen molar-refractivity contribution in [3.8, 4) is 5.75 Å². The van der Waals surface area contributed by atoms with Crippen LogP contribution in [0.3, 0.4) is 0 Å². The van der Waals surface area contributed by atoms with E-state index in [2.05, 4.69) is 10.5 Å². The Labute approximate surface area is 136 Å². The molecule has 0 bridgehead atoms. The number of benzene rings is 2. The van der Waals surface area contributed by atoms with E-state index < -0.39 is 16.8 Å². The standard InChI is InChI=1S/C16H13N3O5/c1-11(20)24-15-7-5-12(6-8-15)10-17-18-16(21)13-3-2-4-14(9-13)19(22)23/h2-10H,1H3,(H,18,21)/b17-10-. The van der Waals surface area contributed by atoms with Crippen LogP contribution >= 0.6 is 0 Å². The lowest BCUT2D eigenvalue weighted by Crippen LogP contribution is -2.17. The van der Waals surface area contributed by atoms with Crippen LogP contribution in [0, 0.1) is 10.1 Å². The molecule has 0 aliphatic carbocycles. The fourth-order valence-corrected chi connectivity index (χ4v) is 1.78. The van der Waals surface area contributed by atoms with Gasteiger partial charge < -0.3 is 4.74 Å². The number of nitro groups is 1. The summed E-state index contributed by atoms with van der Waals surface area (Å²) in [6, 6.07) is 11.8. The second-order valence-corrected chi connectivity index (χ2v) is 4.67. The first-order chi connectivity index (χ1) is 11.5. The lowest BCUT2D eigenvalue weighted by molar-refractivity contribution is -0.384. The van der Waals surface area contributed by atoms with Gasteiger partial charge in [0.25, 0.3) is 11.6 Å². The number of carbonyl (C=O) groups is 2. The molecule has 2 aromatic carbocycles. The summed E-state index contributed by atoms with van der Waals surface area (Å²) in [4.78, 5) is 32.8. The van der Waals surface area contributed by atoms with Gasteiger partial charge >= 0.3 is 5.97 Å². The van der Waals surface area contributed by atoms with Gasteiger partial charge in [0.15, 0.2) is 0 Å². The van der Waals surface area contributed by atoms with Crippen LogP contribution in [-0.4, -0.2) is 23.0 Å². The molecular formula is C16H13N3O5. The van der Waals surface area contributed by atoms with Gasteiger partial charge in [0.2, 0.25) is 0 Å². The summed E-state index contributed by atoms with van der Waals surface area (Å²) in [5.41, 5.74) is 2.91. The molecule has 1 amide bonds. The zero-order valence-corrected chi connectivity index (χ0v) is 12.6. The molecule has 0 aliphatic rings. The maximum Gasteiger partial charge on any atom is 0.308 e. The molecule has 8 nitrogen and oxygen atoms in total. The summed E-state index contributed by atoms with van der Waals surface area (Å²) in [6.07, 6.45) is 1.40. The molecule has 0 atom stereocenters. The number of hydrogen-bond donors (Lipinski definition) is 1. The molecule has 122 valence electrons. The topological polar surface area (TPSA) is 111 Å². The Hall–Kier alpha value is -3.55. The average molecular weight is 327 g/mol. The monoisotopic (exact) mass is 327 g/mol. The molecule has 0 spiro atoms.